The Kier molecular flexibility index (Phi) is 7.32. The quantitative estimate of drug-likeness (QED) is 0.178. The maximum atomic E-state index is 7.17. The summed E-state index contributed by atoms with van der Waals surface area (Å²) in [5.74, 6) is 1.65. The first kappa shape index (κ1) is 35.2. The van der Waals surface area contributed by atoms with Crippen LogP contribution < -0.4 is 9.64 Å². The van der Waals surface area contributed by atoms with E-state index in [2.05, 4.69) is 229 Å². The zero-order chi connectivity index (χ0) is 41.9. The number of fused-ring (bicyclic) bond motifs is 20. The van der Waals surface area contributed by atoms with Crippen molar-refractivity contribution in [2.45, 2.75) is 5.41 Å². The van der Waals surface area contributed by atoms with Crippen molar-refractivity contribution in [2.24, 2.45) is 0 Å². The highest BCUT2D eigenvalue weighted by Gasteiger charge is 2.50. The Morgan fingerprint density at radius 3 is 1.61 bits per heavy atom. The van der Waals surface area contributed by atoms with Gasteiger partial charge >= 0.3 is 0 Å². The summed E-state index contributed by atoms with van der Waals surface area (Å²) in [5, 5.41) is 2.26. The van der Waals surface area contributed by atoms with Gasteiger partial charge in [-0.05, 0) is 121 Å². The van der Waals surface area contributed by atoms with Crippen molar-refractivity contribution in [1.29, 1.82) is 0 Å². The lowest BCUT2D eigenvalue weighted by atomic mass is 9.65. The van der Waals surface area contributed by atoms with Gasteiger partial charge in [0.1, 0.15) is 16.9 Å². The number of para-hydroxylation sites is 4. The number of rotatable bonds is 3. The fourth-order valence-electron chi connectivity index (χ4n) is 11.3. The number of benzene rings is 10. The molecule has 1 spiro atoms. The average molecular weight is 816 g/mol. The van der Waals surface area contributed by atoms with E-state index in [-0.39, 0.29) is 0 Å². The molecule has 0 saturated carbocycles. The highest BCUT2D eigenvalue weighted by atomic mass is 16.5. The van der Waals surface area contributed by atoms with Crippen LogP contribution in [-0.2, 0) is 5.41 Å². The summed E-state index contributed by atoms with van der Waals surface area (Å²) in [6.07, 6.45) is 0. The lowest BCUT2D eigenvalue weighted by Crippen LogP contribution is -2.29. The van der Waals surface area contributed by atoms with E-state index in [1.807, 2.05) is 0 Å². The van der Waals surface area contributed by atoms with Crippen LogP contribution in [0.3, 0.4) is 0 Å². The molecule has 2 heterocycles. The van der Waals surface area contributed by atoms with Crippen LogP contribution in [0.4, 0.5) is 17.1 Å². The van der Waals surface area contributed by atoms with Gasteiger partial charge in [-0.25, -0.2) is 0 Å². The molecule has 14 rings (SSSR count). The molecule has 0 radical (unpaired) electrons. The van der Waals surface area contributed by atoms with E-state index >= 15 is 0 Å². The average Bonchev–Trinajstić information content (AvgIpc) is 3.77. The molecule has 1 unspecified atom stereocenters. The first-order valence-corrected chi connectivity index (χ1v) is 22.0. The van der Waals surface area contributed by atoms with Crippen LogP contribution in [-0.4, -0.2) is 0 Å². The zero-order valence-electron chi connectivity index (χ0n) is 34.6. The summed E-state index contributed by atoms with van der Waals surface area (Å²) in [5.41, 5.74) is 20.8. The smallest absolute Gasteiger partial charge is 0.159 e. The number of nitrogens with zero attached hydrogens (tertiary/aromatic N) is 1. The number of hydrogen-bond acceptors (Lipinski definition) is 3. The predicted molar refractivity (Wildman–Crippen MR) is 261 cm³/mol. The number of anilines is 3. The van der Waals surface area contributed by atoms with Crippen LogP contribution in [0.5, 0.6) is 11.5 Å². The SMILES string of the molecule is c1ccc(N(c2ccc3c(c2)C2(c4ccccc4-c4ccccc4-3)c3ccccc3-c3cc4c(cc32)oc2ccccc24)c2cccc3c2Oc2ccccc2-c2ccccc2-3)cc1. The number of ether oxygens (including phenoxy) is 1. The molecule has 0 bridgehead atoms. The lowest BCUT2D eigenvalue weighted by molar-refractivity contribution is 0.489. The second-order valence-corrected chi connectivity index (χ2v) is 17.1. The molecular formula is C61H37NO2. The highest BCUT2D eigenvalue weighted by molar-refractivity contribution is 6.09. The number of furan rings is 1. The molecule has 1 aromatic heterocycles. The van der Waals surface area contributed by atoms with Crippen LogP contribution in [0.1, 0.15) is 22.3 Å². The number of hydrogen-bond donors (Lipinski definition) is 0. The molecule has 11 aromatic rings. The van der Waals surface area contributed by atoms with Gasteiger partial charge in [0.25, 0.3) is 0 Å². The van der Waals surface area contributed by atoms with Crippen LogP contribution >= 0.6 is 0 Å². The molecule has 64 heavy (non-hydrogen) atoms. The maximum absolute atomic E-state index is 7.17. The summed E-state index contributed by atoms with van der Waals surface area (Å²) in [6.45, 7) is 0. The van der Waals surface area contributed by atoms with Gasteiger partial charge in [-0.3, -0.25) is 0 Å². The van der Waals surface area contributed by atoms with Crippen molar-refractivity contribution in [3.63, 3.8) is 0 Å². The van der Waals surface area contributed by atoms with Gasteiger partial charge < -0.3 is 14.1 Å². The van der Waals surface area contributed by atoms with Crippen LogP contribution in [0.2, 0.25) is 0 Å². The van der Waals surface area contributed by atoms with E-state index in [4.69, 9.17) is 9.15 Å². The second-order valence-electron chi connectivity index (χ2n) is 17.1. The van der Waals surface area contributed by atoms with E-state index in [1.54, 1.807) is 0 Å². The molecule has 298 valence electrons. The van der Waals surface area contributed by atoms with Gasteiger partial charge in [-0.1, -0.05) is 170 Å². The van der Waals surface area contributed by atoms with Crippen molar-refractivity contribution < 1.29 is 9.15 Å². The lowest BCUT2D eigenvalue weighted by Gasteiger charge is -2.36. The van der Waals surface area contributed by atoms with Gasteiger partial charge in [-0.15, -0.1) is 0 Å². The van der Waals surface area contributed by atoms with Crippen molar-refractivity contribution >= 4 is 39.0 Å². The van der Waals surface area contributed by atoms with E-state index < -0.39 is 5.41 Å². The predicted octanol–water partition coefficient (Wildman–Crippen LogP) is 16.5. The summed E-state index contributed by atoms with van der Waals surface area (Å²) in [6, 6.07) is 81.6. The molecule has 2 aliphatic carbocycles. The normalized spacial score (nSPS) is 14.8. The van der Waals surface area contributed by atoms with E-state index in [1.165, 1.54) is 55.6 Å². The van der Waals surface area contributed by atoms with E-state index in [0.29, 0.717) is 0 Å². The molecule has 1 aliphatic heterocycles. The summed E-state index contributed by atoms with van der Waals surface area (Å²) in [4.78, 5) is 2.39. The van der Waals surface area contributed by atoms with Gasteiger partial charge in [0.15, 0.2) is 5.75 Å². The first-order chi connectivity index (χ1) is 31.8. The summed E-state index contributed by atoms with van der Waals surface area (Å²) >= 11 is 0. The van der Waals surface area contributed by atoms with Crippen molar-refractivity contribution in [2.75, 3.05) is 4.90 Å². The van der Waals surface area contributed by atoms with Crippen molar-refractivity contribution in [3.05, 3.63) is 247 Å². The van der Waals surface area contributed by atoms with Crippen LogP contribution in [0, 0.1) is 0 Å². The largest absolute Gasteiger partial charge is 0.456 e. The third kappa shape index (κ3) is 4.76. The van der Waals surface area contributed by atoms with Crippen molar-refractivity contribution in [3.8, 4) is 67.1 Å². The Labute approximate surface area is 370 Å². The zero-order valence-corrected chi connectivity index (χ0v) is 34.6. The van der Waals surface area contributed by atoms with Gasteiger partial charge in [0, 0.05) is 33.3 Å². The molecule has 3 aliphatic rings. The standard InChI is InChI=1S/C61H37NO2/c1-2-17-38(18-3-1)62(56-30-16-27-49-43-22-7-6-21-42(43)47-25-10-15-32-58(47)64-60(49)56)39-33-34-46-41-20-5-4-19-40(41)44-23-8-12-28-52(44)61(54(46)35-39)53-29-13-9-24-45(53)50-36-51-48-26-11-14-31-57(48)63-59(51)37-55(50)61/h1-37H. The Bertz CT molecular complexity index is 3730. The summed E-state index contributed by atoms with van der Waals surface area (Å²) < 4.78 is 13.9. The van der Waals surface area contributed by atoms with Gasteiger partial charge in [0.2, 0.25) is 0 Å². The third-order valence-corrected chi connectivity index (χ3v) is 13.9. The molecule has 10 aromatic carbocycles. The fraction of sp³-hybridized carbons (Fsp3) is 0.0164. The molecular weight excluding hydrogens is 779 g/mol. The van der Waals surface area contributed by atoms with Crippen LogP contribution in [0.15, 0.2) is 229 Å². The Morgan fingerprint density at radius 1 is 0.312 bits per heavy atom. The molecule has 3 nitrogen and oxygen atoms in total. The minimum absolute atomic E-state index is 0.718. The molecule has 0 fully saturated rings. The minimum atomic E-state index is -0.718. The topological polar surface area (TPSA) is 25.6 Å². The van der Waals surface area contributed by atoms with Gasteiger partial charge in [-0.2, -0.15) is 0 Å². The van der Waals surface area contributed by atoms with E-state index in [0.717, 1.165) is 72.8 Å². The highest BCUT2D eigenvalue weighted by Crippen LogP contribution is 2.63. The summed E-state index contributed by atoms with van der Waals surface area (Å²) in [7, 11) is 0. The molecule has 0 saturated heterocycles. The third-order valence-electron chi connectivity index (χ3n) is 13.9. The fourth-order valence-corrected chi connectivity index (χ4v) is 11.3. The Balaban J connectivity index is 1.10. The van der Waals surface area contributed by atoms with Crippen LogP contribution in [0.25, 0.3) is 77.6 Å². The minimum Gasteiger partial charge on any atom is -0.456 e. The Morgan fingerprint density at radius 2 is 0.859 bits per heavy atom. The first-order valence-electron chi connectivity index (χ1n) is 22.0. The van der Waals surface area contributed by atoms with Crippen molar-refractivity contribution in [1.82, 2.24) is 0 Å². The maximum Gasteiger partial charge on any atom is 0.159 e. The molecule has 3 heteroatoms. The van der Waals surface area contributed by atoms with E-state index in [9.17, 15) is 0 Å². The molecule has 1 atom stereocenters. The molecule has 0 amide bonds. The Hall–Kier alpha value is -8.40. The second kappa shape index (κ2) is 13.3. The molecule has 0 N–H and O–H groups in total. The monoisotopic (exact) mass is 815 g/mol. The van der Waals surface area contributed by atoms with Gasteiger partial charge in [0.05, 0.1) is 11.1 Å².